The minimum Gasteiger partial charge on any atom is -0.338 e. The molecule has 0 bridgehead atoms. The van der Waals surface area contributed by atoms with Gasteiger partial charge in [0, 0.05) is 31.5 Å². The van der Waals surface area contributed by atoms with Gasteiger partial charge in [-0.2, -0.15) is 5.26 Å². The van der Waals surface area contributed by atoms with E-state index in [1.807, 2.05) is 0 Å². The van der Waals surface area contributed by atoms with Crippen LogP contribution in [0.25, 0.3) is 0 Å². The van der Waals surface area contributed by atoms with Crippen molar-refractivity contribution in [3.63, 3.8) is 0 Å². The second kappa shape index (κ2) is 7.19. The molecule has 1 aromatic carbocycles. The maximum absolute atomic E-state index is 13.4. The summed E-state index contributed by atoms with van der Waals surface area (Å²) in [5, 5.41) is 8.60. The van der Waals surface area contributed by atoms with Gasteiger partial charge < -0.3 is 4.90 Å². The third kappa shape index (κ3) is 3.51. The summed E-state index contributed by atoms with van der Waals surface area (Å²) in [7, 11) is 0. The van der Waals surface area contributed by atoms with Crippen molar-refractivity contribution in [3.05, 3.63) is 48.3 Å². The van der Waals surface area contributed by atoms with Crippen LogP contribution in [0.3, 0.4) is 0 Å². The highest BCUT2D eigenvalue weighted by Gasteiger charge is 2.22. The van der Waals surface area contributed by atoms with Crippen molar-refractivity contribution in [3.8, 4) is 6.07 Å². The topological polar surface area (TPSA) is 61.2 Å². The van der Waals surface area contributed by atoms with Gasteiger partial charge in [0.25, 0.3) is 5.91 Å². The summed E-state index contributed by atoms with van der Waals surface area (Å²) in [6.07, 6.45) is 0.703. The summed E-state index contributed by atoms with van der Waals surface area (Å²) in [6.45, 7) is 6.75. The van der Waals surface area contributed by atoms with Gasteiger partial charge >= 0.3 is 0 Å². The van der Waals surface area contributed by atoms with Gasteiger partial charge in [-0.1, -0.05) is 0 Å². The van der Waals surface area contributed by atoms with E-state index in [1.54, 1.807) is 6.07 Å². The van der Waals surface area contributed by atoms with E-state index < -0.39 is 5.82 Å². The van der Waals surface area contributed by atoms with E-state index in [9.17, 15) is 14.0 Å². The molecule has 1 aromatic rings. The molecule has 1 heterocycles. The number of hydrogen-bond acceptors (Lipinski definition) is 3. The summed E-state index contributed by atoms with van der Waals surface area (Å²) in [6, 6.07) is 5.49. The lowest BCUT2D eigenvalue weighted by Crippen LogP contribution is -2.38. The summed E-state index contributed by atoms with van der Waals surface area (Å²) in [4.78, 5) is 24.6. The highest BCUT2D eigenvalue weighted by molar-refractivity contribution is 5.95. The fourth-order valence-corrected chi connectivity index (χ4v) is 1.88. The number of halogens is 1. The molecule has 0 unspecified atom stereocenters. The number of rotatable bonds is 1. The molecule has 0 atom stereocenters. The lowest BCUT2D eigenvalue weighted by atomic mass is 10.1. The van der Waals surface area contributed by atoms with E-state index in [-0.39, 0.29) is 22.8 Å². The van der Waals surface area contributed by atoms with Crippen molar-refractivity contribution in [2.75, 3.05) is 13.1 Å². The van der Waals surface area contributed by atoms with Crippen molar-refractivity contribution in [2.24, 2.45) is 0 Å². The molecule has 0 aromatic heterocycles. The van der Waals surface area contributed by atoms with Crippen LogP contribution in [-0.4, -0.2) is 29.7 Å². The number of likely N-dealkylation sites (tertiary alicyclic amines) is 1. The first-order chi connectivity index (χ1) is 9.61. The van der Waals surface area contributed by atoms with Crippen LogP contribution in [0.5, 0.6) is 0 Å². The number of piperidine rings is 1. The molecule has 1 aliphatic heterocycles. The van der Waals surface area contributed by atoms with Crippen LogP contribution < -0.4 is 0 Å². The standard InChI is InChI=1S/C13H11FN2O2.C2H4/c14-12-7-9(1-2-10(12)8-15)13(18)16-5-3-11(17)4-6-16;1-2/h1-2,7H,3-6H2;1-2H2. The van der Waals surface area contributed by atoms with Gasteiger partial charge in [-0.05, 0) is 18.2 Å². The SMILES string of the molecule is C=C.N#Cc1ccc(C(=O)N2CCC(=O)CC2)cc1F. The van der Waals surface area contributed by atoms with Crippen molar-refractivity contribution in [2.45, 2.75) is 12.8 Å². The number of amides is 1. The van der Waals surface area contributed by atoms with Crippen LogP contribution in [-0.2, 0) is 4.79 Å². The van der Waals surface area contributed by atoms with Crippen molar-refractivity contribution >= 4 is 11.7 Å². The normalized spacial score (nSPS) is 14.0. The van der Waals surface area contributed by atoms with Gasteiger partial charge in [-0.3, -0.25) is 9.59 Å². The van der Waals surface area contributed by atoms with Gasteiger partial charge in [0.1, 0.15) is 17.7 Å². The molecule has 0 spiro atoms. The third-order valence-corrected chi connectivity index (χ3v) is 2.94. The zero-order valence-electron chi connectivity index (χ0n) is 11.1. The molecule has 5 heteroatoms. The maximum atomic E-state index is 13.4. The largest absolute Gasteiger partial charge is 0.338 e. The molecule has 1 aliphatic rings. The highest BCUT2D eigenvalue weighted by atomic mass is 19.1. The number of ketones is 1. The van der Waals surface area contributed by atoms with E-state index >= 15 is 0 Å². The first kappa shape index (κ1) is 15.6. The van der Waals surface area contributed by atoms with E-state index in [0.717, 1.165) is 6.07 Å². The molecule has 2 rings (SSSR count). The Bertz CT molecular complexity index is 553. The molecule has 0 aliphatic carbocycles. The summed E-state index contributed by atoms with van der Waals surface area (Å²) >= 11 is 0. The molecular formula is C15H15FN2O2. The predicted octanol–water partition coefficient (Wildman–Crippen LogP) is 2.30. The molecule has 1 amide bonds. The Kier molecular flexibility index (Phi) is 5.60. The van der Waals surface area contributed by atoms with Crippen molar-refractivity contribution in [1.82, 2.24) is 4.90 Å². The number of Topliss-reactive ketones (excluding diaryl/α,β-unsaturated/α-hetero) is 1. The second-order valence-corrected chi connectivity index (χ2v) is 4.14. The Hall–Kier alpha value is -2.48. The Labute approximate surface area is 117 Å². The van der Waals surface area contributed by atoms with Gasteiger partial charge in [0.05, 0.1) is 5.56 Å². The first-order valence-corrected chi connectivity index (χ1v) is 6.12. The second-order valence-electron chi connectivity index (χ2n) is 4.14. The number of nitrogens with zero attached hydrogens (tertiary/aromatic N) is 2. The lowest BCUT2D eigenvalue weighted by Gasteiger charge is -2.26. The molecule has 20 heavy (non-hydrogen) atoms. The first-order valence-electron chi connectivity index (χ1n) is 6.12. The maximum Gasteiger partial charge on any atom is 0.253 e. The third-order valence-electron chi connectivity index (χ3n) is 2.94. The number of hydrogen-bond donors (Lipinski definition) is 0. The predicted molar refractivity (Wildman–Crippen MR) is 72.5 cm³/mol. The van der Waals surface area contributed by atoms with Crippen LogP contribution in [0.1, 0.15) is 28.8 Å². The van der Waals surface area contributed by atoms with Gasteiger partial charge in [-0.25, -0.2) is 4.39 Å². The molecular weight excluding hydrogens is 259 g/mol. The number of carbonyl (C=O) groups is 2. The molecule has 1 fully saturated rings. The Morgan fingerprint density at radius 2 is 1.90 bits per heavy atom. The van der Waals surface area contributed by atoms with Crippen LogP contribution >= 0.6 is 0 Å². The molecule has 104 valence electrons. The zero-order chi connectivity index (χ0) is 15.1. The quantitative estimate of drug-likeness (QED) is 0.738. The monoisotopic (exact) mass is 274 g/mol. The molecule has 0 N–H and O–H groups in total. The lowest BCUT2D eigenvalue weighted by molar-refractivity contribution is -0.120. The summed E-state index contributed by atoms with van der Waals surface area (Å²) in [5.41, 5.74) is 0.126. The summed E-state index contributed by atoms with van der Waals surface area (Å²) in [5.74, 6) is -0.854. The smallest absolute Gasteiger partial charge is 0.253 e. The number of nitriles is 1. The van der Waals surface area contributed by atoms with Gasteiger partial charge in [-0.15, -0.1) is 13.2 Å². The van der Waals surface area contributed by atoms with Crippen LogP contribution in [0, 0.1) is 17.1 Å². The van der Waals surface area contributed by atoms with E-state index in [4.69, 9.17) is 5.26 Å². The van der Waals surface area contributed by atoms with Crippen molar-refractivity contribution in [1.29, 1.82) is 5.26 Å². The Morgan fingerprint density at radius 3 is 2.40 bits per heavy atom. The Balaban J connectivity index is 0.000000956. The Morgan fingerprint density at radius 1 is 1.30 bits per heavy atom. The van der Waals surface area contributed by atoms with E-state index in [1.165, 1.54) is 17.0 Å². The number of benzene rings is 1. The van der Waals surface area contributed by atoms with Crippen LogP contribution in [0.4, 0.5) is 4.39 Å². The summed E-state index contributed by atoms with van der Waals surface area (Å²) < 4.78 is 13.4. The minimum atomic E-state index is -0.698. The average Bonchev–Trinajstić information content (AvgIpc) is 2.49. The van der Waals surface area contributed by atoms with Crippen LogP contribution in [0.15, 0.2) is 31.4 Å². The fraction of sp³-hybridized carbons (Fsp3) is 0.267. The van der Waals surface area contributed by atoms with E-state index in [0.29, 0.717) is 25.9 Å². The molecule has 1 saturated heterocycles. The molecule has 0 saturated carbocycles. The zero-order valence-corrected chi connectivity index (χ0v) is 11.1. The average molecular weight is 274 g/mol. The van der Waals surface area contributed by atoms with Gasteiger partial charge in [0.2, 0.25) is 0 Å². The molecule has 0 radical (unpaired) electrons. The fourth-order valence-electron chi connectivity index (χ4n) is 1.88. The van der Waals surface area contributed by atoms with Crippen LogP contribution in [0.2, 0.25) is 0 Å². The highest BCUT2D eigenvalue weighted by Crippen LogP contribution is 2.14. The van der Waals surface area contributed by atoms with E-state index in [2.05, 4.69) is 13.2 Å². The molecule has 4 nitrogen and oxygen atoms in total. The van der Waals surface area contributed by atoms with Gasteiger partial charge in [0.15, 0.2) is 0 Å². The minimum absolute atomic E-state index is 0.0830. The number of carbonyl (C=O) groups excluding carboxylic acids is 2. The van der Waals surface area contributed by atoms with Crippen molar-refractivity contribution < 1.29 is 14.0 Å².